The number of amides is 1. The van der Waals surface area contributed by atoms with Gasteiger partial charge >= 0.3 is 5.97 Å². The number of sulfonamides is 1. The van der Waals surface area contributed by atoms with Crippen molar-refractivity contribution >= 4 is 33.3 Å². The van der Waals surface area contributed by atoms with Crippen molar-refractivity contribution in [1.29, 1.82) is 0 Å². The van der Waals surface area contributed by atoms with Crippen molar-refractivity contribution in [2.75, 3.05) is 43.0 Å². The van der Waals surface area contributed by atoms with Gasteiger partial charge in [0.25, 0.3) is 5.91 Å². The number of esters is 1. The monoisotopic (exact) mass is 487 g/mol. The summed E-state index contributed by atoms with van der Waals surface area (Å²) in [4.78, 5) is 27.5. The highest BCUT2D eigenvalue weighted by atomic mass is 32.2. The molecule has 34 heavy (non-hydrogen) atoms. The van der Waals surface area contributed by atoms with Crippen LogP contribution in [0.3, 0.4) is 0 Å². The van der Waals surface area contributed by atoms with E-state index >= 15 is 0 Å². The van der Waals surface area contributed by atoms with Crippen molar-refractivity contribution < 1.29 is 22.7 Å². The molecule has 1 aliphatic heterocycles. The molecule has 2 aromatic rings. The Morgan fingerprint density at radius 1 is 1.03 bits per heavy atom. The summed E-state index contributed by atoms with van der Waals surface area (Å²) in [6.45, 7) is 9.11. The van der Waals surface area contributed by atoms with Gasteiger partial charge in [-0.1, -0.05) is 31.5 Å². The van der Waals surface area contributed by atoms with Crippen molar-refractivity contribution in [3.63, 3.8) is 0 Å². The number of nitrogens with zero attached hydrogens (tertiary/aromatic N) is 2. The molecule has 1 aliphatic rings. The minimum atomic E-state index is -3.75. The third-order valence-corrected chi connectivity index (χ3v) is 8.01. The Balaban J connectivity index is 1.82. The Bertz CT molecular complexity index is 1150. The van der Waals surface area contributed by atoms with E-state index in [1.807, 2.05) is 30.9 Å². The van der Waals surface area contributed by atoms with Crippen molar-refractivity contribution in [2.45, 2.75) is 45.4 Å². The van der Waals surface area contributed by atoms with E-state index in [-0.39, 0.29) is 10.5 Å². The van der Waals surface area contributed by atoms with E-state index in [2.05, 4.69) is 5.32 Å². The number of aryl methyl sites for hydroxylation is 2. The highest BCUT2D eigenvalue weighted by Gasteiger charge is 2.27. The smallest absolute Gasteiger partial charge is 0.340 e. The van der Waals surface area contributed by atoms with Gasteiger partial charge in [-0.15, -0.1) is 0 Å². The molecule has 2 aromatic carbocycles. The van der Waals surface area contributed by atoms with Gasteiger partial charge < -0.3 is 15.0 Å². The number of carbonyl (C=O) groups excluding carboxylic acids is 2. The van der Waals surface area contributed by atoms with E-state index < -0.39 is 28.5 Å². The predicted octanol–water partition coefficient (Wildman–Crippen LogP) is 3.73. The maximum absolute atomic E-state index is 13.0. The molecule has 0 bridgehead atoms. The van der Waals surface area contributed by atoms with Crippen molar-refractivity contribution in [2.24, 2.45) is 0 Å². The average molecular weight is 488 g/mol. The largest absolute Gasteiger partial charge is 0.452 e. The van der Waals surface area contributed by atoms with Gasteiger partial charge in [0.2, 0.25) is 10.0 Å². The standard InChI is InChI=1S/C25H33N3O5S/c1-5-28(6-2)34(31,32)20-10-12-23(27-13-7-8-14-27)21(16-20)25(30)33-17-24(29)26-22-11-9-18(3)15-19(22)4/h9-12,15-16H,5-8,13-14,17H2,1-4H3,(H,26,29). The highest BCUT2D eigenvalue weighted by Crippen LogP contribution is 2.29. The number of nitrogens with one attached hydrogen (secondary N) is 1. The Morgan fingerprint density at radius 2 is 1.71 bits per heavy atom. The maximum Gasteiger partial charge on any atom is 0.340 e. The number of anilines is 2. The average Bonchev–Trinajstić information content (AvgIpc) is 3.34. The van der Waals surface area contributed by atoms with Gasteiger partial charge in [0.15, 0.2) is 6.61 Å². The third-order valence-electron chi connectivity index (χ3n) is 5.97. The number of hydrogen-bond donors (Lipinski definition) is 1. The lowest BCUT2D eigenvalue weighted by molar-refractivity contribution is -0.119. The molecule has 0 aromatic heterocycles. The summed E-state index contributed by atoms with van der Waals surface area (Å²) in [6.07, 6.45) is 1.98. The van der Waals surface area contributed by atoms with Crippen LogP contribution in [0.2, 0.25) is 0 Å². The predicted molar refractivity (Wildman–Crippen MR) is 133 cm³/mol. The number of carbonyl (C=O) groups is 2. The van der Waals surface area contributed by atoms with Gasteiger partial charge in [0, 0.05) is 31.9 Å². The fraction of sp³-hybridized carbons (Fsp3) is 0.440. The van der Waals surface area contributed by atoms with E-state index in [1.165, 1.54) is 16.4 Å². The molecule has 0 saturated carbocycles. The number of hydrogen-bond acceptors (Lipinski definition) is 6. The molecule has 1 fully saturated rings. The summed E-state index contributed by atoms with van der Waals surface area (Å²) in [7, 11) is -3.75. The molecule has 1 saturated heterocycles. The lowest BCUT2D eigenvalue weighted by atomic mass is 10.1. The fourth-order valence-corrected chi connectivity index (χ4v) is 5.62. The van der Waals surface area contributed by atoms with E-state index in [0.717, 1.165) is 37.1 Å². The van der Waals surface area contributed by atoms with Crippen LogP contribution in [0.4, 0.5) is 11.4 Å². The maximum atomic E-state index is 13.0. The molecule has 184 valence electrons. The van der Waals surface area contributed by atoms with Gasteiger partial charge in [-0.05, 0) is 56.5 Å². The zero-order chi connectivity index (χ0) is 24.9. The van der Waals surface area contributed by atoms with Crippen LogP contribution in [0.25, 0.3) is 0 Å². The first-order chi connectivity index (χ1) is 16.2. The molecule has 9 heteroatoms. The van der Waals surface area contributed by atoms with Gasteiger partial charge in [0.1, 0.15) is 0 Å². The summed E-state index contributed by atoms with van der Waals surface area (Å²) in [5, 5.41) is 2.75. The number of ether oxygens (including phenoxy) is 1. The lowest BCUT2D eigenvalue weighted by Crippen LogP contribution is -2.31. The lowest BCUT2D eigenvalue weighted by Gasteiger charge is -2.23. The quantitative estimate of drug-likeness (QED) is 0.542. The molecule has 1 N–H and O–H groups in total. The Morgan fingerprint density at radius 3 is 2.32 bits per heavy atom. The molecule has 0 spiro atoms. The highest BCUT2D eigenvalue weighted by molar-refractivity contribution is 7.89. The first-order valence-electron chi connectivity index (χ1n) is 11.6. The molecule has 0 radical (unpaired) electrons. The first-order valence-corrected chi connectivity index (χ1v) is 13.0. The second-order valence-electron chi connectivity index (χ2n) is 8.41. The van der Waals surface area contributed by atoms with Gasteiger partial charge in [0.05, 0.1) is 16.1 Å². The van der Waals surface area contributed by atoms with Crippen molar-refractivity contribution in [3.05, 3.63) is 53.1 Å². The molecule has 1 heterocycles. The summed E-state index contributed by atoms with van der Waals surface area (Å²) in [6, 6.07) is 10.2. The first kappa shape index (κ1) is 25.7. The molecule has 0 aliphatic carbocycles. The summed E-state index contributed by atoms with van der Waals surface area (Å²) >= 11 is 0. The molecular weight excluding hydrogens is 454 g/mol. The van der Waals surface area contributed by atoms with Crippen LogP contribution in [0.15, 0.2) is 41.3 Å². The molecule has 3 rings (SSSR count). The second-order valence-corrected chi connectivity index (χ2v) is 10.3. The van der Waals surface area contributed by atoms with E-state index in [1.54, 1.807) is 26.0 Å². The van der Waals surface area contributed by atoms with E-state index in [4.69, 9.17) is 4.74 Å². The van der Waals surface area contributed by atoms with Crippen LogP contribution >= 0.6 is 0 Å². The molecule has 0 atom stereocenters. The van der Waals surface area contributed by atoms with Crippen molar-refractivity contribution in [1.82, 2.24) is 4.31 Å². The topological polar surface area (TPSA) is 96.0 Å². The van der Waals surface area contributed by atoms with Gasteiger partial charge in [-0.3, -0.25) is 4.79 Å². The molecular formula is C25H33N3O5S. The Labute approximate surface area is 201 Å². The zero-order valence-electron chi connectivity index (χ0n) is 20.3. The van der Waals surface area contributed by atoms with E-state index in [9.17, 15) is 18.0 Å². The van der Waals surface area contributed by atoms with E-state index in [0.29, 0.717) is 24.5 Å². The summed E-state index contributed by atoms with van der Waals surface area (Å²) in [5.41, 5.74) is 3.41. The second kappa shape index (κ2) is 11.0. The summed E-state index contributed by atoms with van der Waals surface area (Å²) < 4.78 is 32.7. The van der Waals surface area contributed by atoms with Crippen LogP contribution in [-0.4, -0.2) is 57.4 Å². The van der Waals surface area contributed by atoms with Crippen LogP contribution in [0, 0.1) is 13.8 Å². The van der Waals surface area contributed by atoms with Gasteiger partial charge in [-0.25, -0.2) is 13.2 Å². The van der Waals surface area contributed by atoms with Crippen LogP contribution in [0.5, 0.6) is 0 Å². The van der Waals surface area contributed by atoms with Crippen molar-refractivity contribution in [3.8, 4) is 0 Å². The minimum absolute atomic E-state index is 0.0332. The Kier molecular flexibility index (Phi) is 8.33. The number of rotatable bonds is 9. The Hall–Kier alpha value is -2.91. The van der Waals surface area contributed by atoms with Crippen LogP contribution in [0.1, 0.15) is 48.2 Å². The normalized spacial score (nSPS) is 13.9. The molecule has 8 nitrogen and oxygen atoms in total. The van der Waals surface area contributed by atoms with Crippen LogP contribution < -0.4 is 10.2 Å². The number of benzene rings is 2. The molecule has 0 unspecified atom stereocenters. The van der Waals surface area contributed by atoms with Crippen LogP contribution in [-0.2, 0) is 19.6 Å². The fourth-order valence-electron chi connectivity index (χ4n) is 4.13. The zero-order valence-corrected chi connectivity index (χ0v) is 21.1. The van der Waals surface area contributed by atoms with Gasteiger partial charge in [-0.2, -0.15) is 4.31 Å². The minimum Gasteiger partial charge on any atom is -0.452 e. The molecule has 1 amide bonds. The summed E-state index contributed by atoms with van der Waals surface area (Å²) in [5.74, 6) is -1.19. The SMILES string of the molecule is CCN(CC)S(=O)(=O)c1ccc(N2CCCC2)c(C(=O)OCC(=O)Nc2ccc(C)cc2C)c1. The third kappa shape index (κ3) is 5.77.